The standard InChI is InChI=1S/C25H22F3N3O3/c1-14-12-20-22(30(3)23(14)33)19-7-5-4-6-18(19)15(2)24(34)31(20)13-21(32)29-17-10-8-16(9-11-17)25(26,27)28/h4-12,15H,13H2,1-3H3,(H,29,32)/t15-/m0/s1. The second kappa shape index (κ2) is 8.48. The Labute approximate surface area is 193 Å². The lowest BCUT2D eigenvalue weighted by Gasteiger charge is -2.25. The summed E-state index contributed by atoms with van der Waals surface area (Å²) in [5.74, 6) is -1.49. The Kier molecular flexibility index (Phi) is 5.80. The summed E-state index contributed by atoms with van der Waals surface area (Å²) in [4.78, 5) is 40.3. The van der Waals surface area contributed by atoms with E-state index in [0.29, 0.717) is 16.9 Å². The Bertz CT molecular complexity index is 1340. The Morgan fingerprint density at radius 2 is 1.71 bits per heavy atom. The molecule has 1 aliphatic heterocycles. The molecular weight excluding hydrogens is 447 g/mol. The molecule has 1 atom stereocenters. The van der Waals surface area contributed by atoms with Gasteiger partial charge in [0, 0.05) is 23.9 Å². The van der Waals surface area contributed by atoms with Crippen molar-refractivity contribution in [2.24, 2.45) is 7.05 Å². The van der Waals surface area contributed by atoms with Gasteiger partial charge in [-0.15, -0.1) is 0 Å². The molecular formula is C25H22F3N3O3. The van der Waals surface area contributed by atoms with Crippen LogP contribution < -0.4 is 15.8 Å². The zero-order chi connectivity index (χ0) is 24.8. The molecule has 3 aromatic rings. The number of hydrogen-bond donors (Lipinski definition) is 1. The fraction of sp³-hybridized carbons (Fsp3) is 0.240. The summed E-state index contributed by atoms with van der Waals surface area (Å²) < 4.78 is 39.9. The van der Waals surface area contributed by atoms with Gasteiger partial charge in [-0.25, -0.2) is 0 Å². The number of benzene rings is 2. The van der Waals surface area contributed by atoms with E-state index in [2.05, 4.69) is 5.32 Å². The van der Waals surface area contributed by atoms with Gasteiger partial charge in [-0.2, -0.15) is 13.2 Å². The lowest BCUT2D eigenvalue weighted by atomic mass is 9.94. The largest absolute Gasteiger partial charge is 0.416 e. The highest BCUT2D eigenvalue weighted by Crippen LogP contribution is 2.40. The summed E-state index contributed by atoms with van der Waals surface area (Å²) in [5.41, 5.74) is 1.94. The van der Waals surface area contributed by atoms with Gasteiger partial charge in [0.15, 0.2) is 0 Å². The molecule has 176 valence electrons. The average Bonchev–Trinajstić information content (AvgIpc) is 2.87. The quantitative estimate of drug-likeness (QED) is 0.616. The highest BCUT2D eigenvalue weighted by Gasteiger charge is 2.34. The zero-order valence-corrected chi connectivity index (χ0v) is 18.7. The van der Waals surface area contributed by atoms with Gasteiger partial charge < -0.3 is 14.8 Å². The van der Waals surface area contributed by atoms with Crippen LogP contribution in [-0.4, -0.2) is 22.9 Å². The smallest absolute Gasteiger partial charge is 0.325 e. The summed E-state index contributed by atoms with van der Waals surface area (Å²) >= 11 is 0. The number of anilines is 2. The van der Waals surface area contributed by atoms with Crippen molar-refractivity contribution < 1.29 is 22.8 Å². The number of nitrogens with one attached hydrogen (secondary N) is 1. The van der Waals surface area contributed by atoms with Gasteiger partial charge in [-0.1, -0.05) is 24.3 Å². The SMILES string of the molecule is Cc1cc2c(n(C)c1=O)-c1ccccc1[C@H](C)C(=O)N2CC(=O)Nc1ccc(C(F)(F)F)cc1. The number of nitrogens with zero attached hydrogens (tertiary/aromatic N) is 2. The van der Waals surface area contributed by atoms with Crippen molar-refractivity contribution in [2.75, 3.05) is 16.8 Å². The number of alkyl halides is 3. The first-order chi connectivity index (χ1) is 16.0. The molecule has 0 saturated heterocycles. The fourth-order valence-electron chi connectivity index (χ4n) is 4.22. The lowest BCUT2D eigenvalue weighted by molar-refractivity contribution is -0.137. The van der Waals surface area contributed by atoms with Crippen molar-refractivity contribution >= 4 is 23.2 Å². The van der Waals surface area contributed by atoms with E-state index in [0.717, 1.165) is 35.4 Å². The van der Waals surface area contributed by atoms with E-state index in [1.54, 1.807) is 27.0 Å². The van der Waals surface area contributed by atoms with Crippen LogP contribution in [-0.2, 0) is 22.8 Å². The number of aromatic nitrogens is 1. The molecule has 2 amide bonds. The van der Waals surface area contributed by atoms with Gasteiger partial charge in [0.25, 0.3) is 5.56 Å². The van der Waals surface area contributed by atoms with Crippen molar-refractivity contribution in [3.05, 3.63) is 81.6 Å². The van der Waals surface area contributed by atoms with Crippen LogP contribution in [0.25, 0.3) is 11.3 Å². The predicted octanol–water partition coefficient (Wildman–Crippen LogP) is 4.47. The number of aryl methyl sites for hydroxylation is 1. The Morgan fingerprint density at radius 3 is 2.35 bits per heavy atom. The topological polar surface area (TPSA) is 71.4 Å². The molecule has 1 aromatic heterocycles. The first-order valence-electron chi connectivity index (χ1n) is 10.6. The Balaban J connectivity index is 1.72. The van der Waals surface area contributed by atoms with Crippen molar-refractivity contribution in [2.45, 2.75) is 25.9 Å². The maximum absolute atomic E-state index is 13.5. The molecule has 1 N–H and O–H groups in total. The van der Waals surface area contributed by atoms with Crippen LogP contribution in [0.1, 0.15) is 29.5 Å². The maximum atomic E-state index is 13.5. The third-order valence-corrected chi connectivity index (χ3v) is 5.98. The first-order valence-corrected chi connectivity index (χ1v) is 10.6. The van der Waals surface area contributed by atoms with E-state index in [-0.39, 0.29) is 23.7 Å². The summed E-state index contributed by atoms with van der Waals surface area (Å²) in [6.07, 6.45) is -4.48. The van der Waals surface area contributed by atoms with Gasteiger partial charge in [-0.05, 0) is 49.7 Å². The van der Waals surface area contributed by atoms with Crippen LogP contribution in [0.5, 0.6) is 0 Å². The first kappa shape index (κ1) is 23.3. The molecule has 0 saturated carbocycles. The van der Waals surface area contributed by atoms with Crippen LogP contribution in [0, 0.1) is 6.92 Å². The predicted molar refractivity (Wildman–Crippen MR) is 123 cm³/mol. The summed E-state index contributed by atoms with van der Waals surface area (Å²) in [6.45, 7) is 3.00. The van der Waals surface area contributed by atoms with Crippen molar-refractivity contribution in [3.63, 3.8) is 0 Å². The van der Waals surface area contributed by atoms with Crippen LogP contribution in [0.3, 0.4) is 0 Å². The van der Waals surface area contributed by atoms with E-state index in [4.69, 9.17) is 0 Å². The molecule has 0 spiro atoms. The number of carbonyl (C=O) groups is 2. The minimum atomic E-state index is -4.48. The van der Waals surface area contributed by atoms with E-state index in [1.165, 1.54) is 9.47 Å². The molecule has 2 aromatic carbocycles. The number of carbonyl (C=O) groups excluding carboxylic acids is 2. The third-order valence-electron chi connectivity index (χ3n) is 5.98. The normalized spacial score (nSPS) is 15.4. The summed E-state index contributed by atoms with van der Waals surface area (Å²) in [6, 6.07) is 12.9. The summed E-state index contributed by atoms with van der Waals surface area (Å²) in [5, 5.41) is 2.55. The lowest BCUT2D eigenvalue weighted by Crippen LogP contribution is -2.40. The Hall–Kier alpha value is -3.88. The summed E-state index contributed by atoms with van der Waals surface area (Å²) in [7, 11) is 1.62. The highest BCUT2D eigenvalue weighted by molar-refractivity contribution is 6.09. The molecule has 9 heteroatoms. The van der Waals surface area contributed by atoms with Crippen LogP contribution in [0.2, 0.25) is 0 Å². The van der Waals surface area contributed by atoms with E-state index < -0.39 is 23.6 Å². The Morgan fingerprint density at radius 1 is 1.06 bits per heavy atom. The van der Waals surface area contributed by atoms with Crippen LogP contribution in [0.4, 0.5) is 24.5 Å². The molecule has 0 unspecified atom stereocenters. The zero-order valence-electron chi connectivity index (χ0n) is 18.7. The molecule has 6 nitrogen and oxygen atoms in total. The van der Waals surface area contributed by atoms with Gasteiger partial charge in [-0.3, -0.25) is 14.4 Å². The van der Waals surface area contributed by atoms with E-state index in [1.807, 2.05) is 24.3 Å². The molecule has 0 fully saturated rings. The minimum absolute atomic E-state index is 0.175. The fourth-order valence-corrected chi connectivity index (χ4v) is 4.22. The number of hydrogen-bond acceptors (Lipinski definition) is 3. The molecule has 1 aliphatic rings. The van der Waals surface area contributed by atoms with Gasteiger partial charge in [0.05, 0.1) is 22.9 Å². The van der Waals surface area contributed by atoms with Crippen LogP contribution in [0.15, 0.2) is 59.4 Å². The number of rotatable bonds is 3. The van der Waals surface area contributed by atoms with Crippen molar-refractivity contribution in [3.8, 4) is 11.3 Å². The van der Waals surface area contributed by atoms with Crippen molar-refractivity contribution in [1.82, 2.24) is 4.57 Å². The molecule has 0 bridgehead atoms. The molecule has 0 aliphatic carbocycles. The monoisotopic (exact) mass is 469 g/mol. The van der Waals surface area contributed by atoms with Gasteiger partial charge in [0.1, 0.15) is 6.54 Å². The molecule has 0 radical (unpaired) electrons. The molecule has 34 heavy (non-hydrogen) atoms. The highest BCUT2D eigenvalue weighted by atomic mass is 19.4. The second-order valence-electron chi connectivity index (χ2n) is 8.28. The van der Waals surface area contributed by atoms with E-state index in [9.17, 15) is 27.6 Å². The minimum Gasteiger partial charge on any atom is -0.325 e. The third kappa shape index (κ3) is 4.09. The number of pyridine rings is 1. The van der Waals surface area contributed by atoms with Crippen LogP contribution >= 0.6 is 0 Å². The van der Waals surface area contributed by atoms with Gasteiger partial charge in [0.2, 0.25) is 11.8 Å². The van der Waals surface area contributed by atoms with E-state index >= 15 is 0 Å². The number of amides is 2. The number of halogens is 3. The van der Waals surface area contributed by atoms with Crippen molar-refractivity contribution in [1.29, 1.82) is 0 Å². The maximum Gasteiger partial charge on any atom is 0.416 e. The van der Waals surface area contributed by atoms with Gasteiger partial charge >= 0.3 is 6.18 Å². The molecule has 2 heterocycles. The number of fused-ring (bicyclic) bond motifs is 3. The second-order valence-corrected chi connectivity index (χ2v) is 8.28. The average molecular weight is 469 g/mol. The molecule has 4 rings (SSSR count).